The summed E-state index contributed by atoms with van der Waals surface area (Å²) in [6, 6.07) is 12.4. The number of amides is 1. The Morgan fingerprint density at radius 3 is 2.59 bits per heavy atom. The van der Waals surface area contributed by atoms with Crippen molar-refractivity contribution in [3.05, 3.63) is 58.6 Å². The van der Waals surface area contributed by atoms with E-state index in [1.165, 1.54) is 6.92 Å². The van der Waals surface area contributed by atoms with Gasteiger partial charge in [0.15, 0.2) is 5.78 Å². The lowest BCUT2D eigenvalue weighted by Crippen LogP contribution is -2.22. The van der Waals surface area contributed by atoms with Gasteiger partial charge in [-0.2, -0.15) is 0 Å². The Morgan fingerprint density at radius 2 is 1.91 bits per heavy atom. The van der Waals surface area contributed by atoms with Gasteiger partial charge < -0.3 is 10.6 Å². The van der Waals surface area contributed by atoms with Crippen LogP contribution in [-0.2, 0) is 4.79 Å². The minimum absolute atomic E-state index is 0.0411. The Labute approximate surface area is 134 Å². The van der Waals surface area contributed by atoms with E-state index in [4.69, 9.17) is 11.6 Å². The molecule has 0 saturated carbocycles. The number of benzene rings is 2. The molecule has 114 valence electrons. The van der Waals surface area contributed by atoms with Crippen LogP contribution >= 0.6 is 11.6 Å². The highest BCUT2D eigenvalue weighted by Gasteiger charge is 2.06. The lowest BCUT2D eigenvalue weighted by atomic mass is 10.1. The predicted molar refractivity (Wildman–Crippen MR) is 89.8 cm³/mol. The van der Waals surface area contributed by atoms with E-state index < -0.39 is 0 Å². The third kappa shape index (κ3) is 4.33. The summed E-state index contributed by atoms with van der Waals surface area (Å²) in [6.45, 7) is 3.53. The molecule has 1 amide bonds. The number of Topliss-reactive ketones (excluding diaryl/α,β-unsaturated/α-hetero) is 1. The lowest BCUT2D eigenvalue weighted by molar-refractivity contribution is -0.114. The van der Waals surface area contributed by atoms with Crippen molar-refractivity contribution in [3.8, 4) is 0 Å². The van der Waals surface area contributed by atoms with E-state index in [0.29, 0.717) is 22.0 Å². The zero-order valence-electron chi connectivity index (χ0n) is 12.4. The van der Waals surface area contributed by atoms with Crippen LogP contribution in [-0.4, -0.2) is 18.2 Å². The summed E-state index contributed by atoms with van der Waals surface area (Å²) < 4.78 is 0. The minimum atomic E-state index is -0.211. The third-order valence-corrected chi connectivity index (χ3v) is 3.43. The second kappa shape index (κ2) is 7.09. The van der Waals surface area contributed by atoms with Gasteiger partial charge in [-0.25, -0.2) is 0 Å². The van der Waals surface area contributed by atoms with Crippen LogP contribution in [0.5, 0.6) is 0 Å². The first kappa shape index (κ1) is 16.0. The summed E-state index contributed by atoms with van der Waals surface area (Å²) in [5, 5.41) is 6.30. The fraction of sp³-hybridized carbons (Fsp3) is 0.176. The molecule has 0 aliphatic heterocycles. The number of aryl methyl sites for hydroxylation is 1. The molecule has 0 spiro atoms. The SMILES string of the molecule is CC(=O)c1cccc(NC(=O)CNc2ccc(C)cc2Cl)c1. The van der Waals surface area contributed by atoms with Crippen LogP contribution in [0.25, 0.3) is 0 Å². The molecule has 0 aliphatic rings. The molecular weight excluding hydrogens is 300 g/mol. The van der Waals surface area contributed by atoms with E-state index >= 15 is 0 Å². The van der Waals surface area contributed by atoms with Crippen LogP contribution in [0.15, 0.2) is 42.5 Å². The number of hydrogen-bond acceptors (Lipinski definition) is 3. The molecule has 5 heteroatoms. The van der Waals surface area contributed by atoms with E-state index in [9.17, 15) is 9.59 Å². The van der Waals surface area contributed by atoms with Crippen LogP contribution < -0.4 is 10.6 Å². The fourth-order valence-electron chi connectivity index (χ4n) is 1.96. The summed E-state index contributed by atoms with van der Waals surface area (Å²) in [7, 11) is 0. The monoisotopic (exact) mass is 316 g/mol. The van der Waals surface area contributed by atoms with Gasteiger partial charge in [-0.1, -0.05) is 29.8 Å². The molecule has 4 nitrogen and oxygen atoms in total. The molecule has 0 saturated heterocycles. The maximum Gasteiger partial charge on any atom is 0.243 e. The van der Waals surface area contributed by atoms with Crippen molar-refractivity contribution in [2.24, 2.45) is 0 Å². The molecule has 0 atom stereocenters. The summed E-state index contributed by atoms with van der Waals surface area (Å²) in [6.07, 6.45) is 0. The summed E-state index contributed by atoms with van der Waals surface area (Å²) >= 11 is 6.10. The number of anilines is 2. The highest BCUT2D eigenvalue weighted by atomic mass is 35.5. The molecule has 0 fully saturated rings. The first-order valence-corrected chi connectivity index (χ1v) is 7.24. The van der Waals surface area contributed by atoms with Crippen molar-refractivity contribution in [2.45, 2.75) is 13.8 Å². The molecule has 0 radical (unpaired) electrons. The number of halogens is 1. The normalized spacial score (nSPS) is 10.1. The quantitative estimate of drug-likeness (QED) is 0.822. The molecule has 2 aromatic rings. The van der Waals surface area contributed by atoms with Crippen molar-refractivity contribution in [3.63, 3.8) is 0 Å². The molecule has 0 aromatic heterocycles. The Bertz CT molecular complexity index is 714. The molecule has 2 rings (SSSR count). The van der Waals surface area contributed by atoms with Gasteiger partial charge in [0.05, 0.1) is 17.3 Å². The van der Waals surface area contributed by atoms with Gasteiger partial charge in [-0.05, 0) is 43.7 Å². The molecule has 0 unspecified atom stereocenters. The highest BCUT2D eigenvalue weighted by Crippen LogP contribution is 2.22. The first-order chi connectivity index (χ1) is 10.5. The second-order valence-electron chi connectivity index (χ2n) is 5.02. The average Bonchev–Trinajstić information content (AvgIpc) is 2.46. The summed E-state index contributed by atoms with van der Waals surface area (Å²) in [5.41, 5.74) is 2.92. The predicted octanol–water partition coefficient (Wildman–Crippen LogP) is 3.90. The summed E-state index contributed by atoms with van der Waals surface area (Å²) in [4.78, 5) is 23.3. The van der Waals surface area contributed by atoms with Gasteiger partial charge in [-0.15, -0.1) is 0 Å². The smallest absolute Gasteiger partial charge is 0.243 e. The number of ketones is 1. The van der Waals surface area contributed by atoms with Crippen molar-refractivity contribution in [1.82, 2.24) is 0 Å². The summed E-state index contributed by atoms with van der Waals surface area (Å²) in [5.74, 6) is -0.252. The topological polar surface area (TPSA) is 58.2 Å². The van der Waals surface area contributed by atoms with Crippen LogP contribution in [0.4, 0.5) is 11.4 Å². The lowest BCUT2D eigenvalue weighted by Gasteiger charge is -2.10. The largest absolute Gasteiger partial charge is 0.375 e. The Kier molecular flexibility index (Phi) is 5.17. The van der Waals surface area contributed by atoms with Crippen LogP contribution in [0.3, 0.4) is 0 Å². The average molecular weight is 317 g/mol. The van der Waals surface area contributed by atoms with Crippen molar-refractivity contribution < 1.29 is 9.59 Å². The van der Waals surface area contributed by atoms with Gasteiger partial charge in [0.1, 0.15) is 0 Å². The number of carbonyl (C=O) groups excluding carboxylic acids is 2. The van der Waals surface area contributed by atoms with Gasteiger partial charge >= 0.3 is 0 Å². The second-order valence-corrected chi connectivity index (χ2v) is 5.43. The van der Waals surface area contributed by atoms with Gasteiger partial charge in [-0.3, -0.25) is 9.59 Å². The number of rotatable bonds is 5. The van der Waals surface area contributed by atoms with Crippen molar-refractivity contribution in [1.29, 1.82) is 0 Å². The van der Waals surface area contributed by atoms with Crippen LogP contribution in [0.1, 0.15) is 22.8 Å². The van der Waals surface area contributed by atoms with E-state index in [2.05, 4.69) is 10.6 Å². The van der Waals surface area contributed by atoms with E-state index in [-0.39, 0.29) is 18.2 Å². The van der Waals surface area contributed by atoms with Crippen LogP contribution in [0, 0.1) is 6.92 Å². The number of carbonyl (C=O) groups is 2. The molecule has 22 heavy (non-hydrogen) atoms. The number of nitrogens with one attached hydrogen (secondary N) is 2. The molecule has 2 N–H and O–H groups in total. The van der Waals surface area contributed by atoms with E-state index in [1.807, 2.05) is 25.1 Å². The third-order valence-electron chi connectivity index (χ3n) is 3.12. The maximum atomic E-state index is 11.9. The van der Waals surface area contributed by atoms with Gasteiger partial charge in [0.25, 0.3) is 0 Å². The zero-order valence-corrected chi connectivity index (χ0v) is 13.2. The molecule has 0 aliphatic carbocycles. The Balaban J connectivity index is 1.95. The molecule has 0 heterocycles. The molecule has 0 bridgehead atoms. The first-order valence-electron chi connectivity index (χ1n) is 6.86. The van der Waals surface area contributed by atoms with Gasteiger partial charge in [0.2, 0.25) is 5.91 Å². The van der Waals surface area contributed by atoms with Gasteiger partial charge in [0, 0.05) is 11.3 Å². The fourth-order valence-corrected chi connectivity index (χ4v) is 2.26. The zero-order chi connectivity index (χ0) is 16.1. The Hall–Kier alpha value is -2.33. The van der Waals surface area contributed by atoms with E-state index in [0.717, 1.165) is 5.56 Å². The molecular formula is C17H17ClN2O2. The molecule has 2 aromatic carbocycles. The highest BCUT2D eigenvalue weighted by molar-refractivity contribution is 6.33. The minimum Gasteiger partial charge on any atom is -0.375 e. The van der Waals surface area contributed by atoms with Crippen LogP contribution in [0.2, 0.25) is 5.02 Å². The van der Waals surface area contributed by atoms with Crippen molar-refractivity contribution >= 4 is 34.7 Å². The Morgan fingerprint density at radius 1 is 1.14 bits per heavy atom. The standard InChI is InChI=1S/C17H17ClN2O2/c1-11-6-7-16(15(18)8-11)19-10-17(22)20-14-5-3-4-13(9-14)12(2)21/h3-9,19H,10H2,1-2H3,(H,20,22). The maximum absolute atomic E-state index is 11.9. The van der Waals surface area contributed by atoms with E-state index in [1.54, 1.807) is 24.3 Å². The van der Waals surface area contributed by atoms with Crippen molar-refractivity contribution in [2.75, 3.05) is 17.2 Å². The number of hydrogen-bond donors (Lipinski definition) is 2.